The van der Waals surface area contributed by atoms with Gasteiger partial charge in [0.2, 0.25) is 0 Å². The molecule has 9 heteroatoms. The normalized spacial score (nSPS) is 12.1. The third-order valence-electron chi connectivity index (χ3n) is 4.44. The molecule has 0 fully saturated rings. The maximum atomic E-state index is 12.2. The summed E-state index contributed by atoms with van der Waals surface area (Å²) in [7, 11) is 0. The lowest BCUT2D eigenvalue weighted by Crippen LogP contribution is -2.36. The van der Waals surface area contributed by atoms with Crippen LogP contribution < -0.4 is 10.6 Å². The van der Waals surface area contributed by atoms with Crippen LogP contribution in [0.1, 0.15) is 23.6 Å². The number of para-hydroxylation sites is 1. The number of ether oxygens (including phenoxy) is 1. The molecule has 0 radical (unpaired) electrons. The van der Waals surface area contributed by atoms with Crippen molar-refractivity contribution in [1.29, 1.82) is 0 Å². The Morgan fingerprint density at radius 3 is 2.41 bits per heavy atom. The van der Waals surface area contributed by atoms with E-state index < -0.39 is 12.8 Å². The van der Waals surface area contributed by atoms with Crippen LogP contribution in [0.3, 0.4) is 0 Å². The fourth-order valence-corrected chi connectivity index (χ4v) is 2.90. The number of nitrogens with zero attached hydrogens (tertiary/aromatic N) is 3. The molecule has 1 heterocycles. The maximum Gasteiger partial charge on any atom is 0.411 e. The number of benzene rings is 2. The molecule has 0 atom stereocenters. The molecule has 6 nitrogen and oxygen atoms in total. The first-order chi connectivity index (χ1) is 15.4. The van der Waals surface area contributed by atoms with Gasteiger partial charge in [-0.05, 0) is 30.2 Å². The Labute approximate surface area is 185 Å². The second-order valence-corrected chi connectivity index (χ2v) is 7.10. The zero-order chi connectivity index (χ0) is 22.8. The molecule has 2 N–H and O–H groups in total. The molecule has 0 unspecified atom stereocenters. The largest absolute Gasteiger partial charge is 0.411 e. The molecule has 0 bridgehead atoms. The van der Waals surface area contributed by atoms with E-state index in [0.717, 1.165) is 16.8 Å². The highest BCUT2D eigenvalue weighted by molar-refractivity contribution is 5.79. The average molecular weight is 445 g/mol. The van der Waals surface area contributed by atoms with Crippen molar-refractivity contribution in [1.82, 2.24) is 20.4 Å². The minimum absolute atomic E-state index is 0.0754. The monoisotopic (exact) mass is 445 g/mol. The van der Waals surface area contributed by atoms with Gasteiger partial charge in [-0.15, -0.1) is 0 Å². The predicted molar refractivity (Wildman–Crippen MR) is 117 cm³/mol. The summed E-state index contributed by atoms with van der Waals surface area (Å²) in [5.41, 5.74) is 3.63. The number of hydrogen-bond acceptors (Lipinski definition) is 3. The molecule has 3 rings (SSSR count). The van der Waals surface area contributed by atoms with Gasteiger partial charge in [0.25, 0.3) is 0 Å². The lowest BCUT2D eigenvalue weighted by Gasteiger charge is -2.12. The second-order valence-electron chi connectivity index (χ2n) is 7.10. The van der Waals surface area contributed by atoms with Gasteiger partial charge in [-0.1, -0.05) is 42.5 Å². The molecule has 32 heavy (non-hydrogen) atoms. The Hall–Kier alpha value is -3.33. The third kappa shape index (κ3) is 7.73. The van der Waals surface area contributed by atoms with E-state index in [1.165, 1.54) is 0 Å². The van der Waals surface area contributed by atoms with Crippen LogP contribution in [-0.4, -0.2) is 35.1 Å². The first kappa shape index (κ1) is 23.3. The number of alkyl halides is 3. The van der Waals surface area contributed by atoms with E-state index in [9.17, 15) is 13.2 Å². The van der Waals surface area contributed by atoms with Crippen LogP contribution in [0.2, 0.25) is 0 Å². The summed E-state index contributed by atoms with van der Waals surface area (Å²) in [5, 5.41) is 10.8. The van der Waals surface area contributed by atoms with Gasteiger partial charge in [-0.25, -0.2) is 9.67 Å². The molecule has 1 aromatic heterocycles. The van der Waals surface area contributed by atoms with E-state index in [1.54, 1.807) is 18.3 Å². The molecular weight excluding hydrogens is 419 g/mol. The third-order valence-corrected chi connectivity index (χ3v) is 4.44. The molecule has 0 aliphatic heterocycles. The zero-order valence-corrected chi connectivity index (χ0v) is 17.8. The minimum Gasteiger partial charge on any atom is -0.367 e. The molecule has 3 aromatic rings. The summed E-state index contributed by atoms with van der Waals surface area (Å²) in [6.07, 6.45) is -0.576. The number of guanidine groups is 1. The lowest BCUT2D eigenvalue weighted by atomic mass is 10.1. The molecule has 0 aliphatic rings. The maximum absolute atomic E-state index is 12.2. The quantitative estimate of drug-likeness (QED) is 0.383. The Morgan fingerprint density at radius 2 is 1.72 bits per heavy atom. The number of hydrogen-bond donors (Lipinski definition) is 2. The Balaban J connectivity index is 1.52. The standard InChI is InChI=1S/C23H26F3N5O/c1-2-27-22(29-13-20-14-30-31(15-20)21-6-4-3-5-7-21)28-12-18-8-10-19(11-9-18)16-32-17-23(24,25)26/h3-11,14-15H,2,12-13,16-17H2,1H3,(H2,27,28,29). The van der Waals surface area contributed by atoms with Crippen LogP contribution in [-0.2, 0) is 24.4 Å². The van der Waals surface area contributed by atoms with Crippen molar-refractivity contribution in [3.63, 3.8) is 0 Å². The van der Waals surface area contributed by atoms with E-state index >= 15 is 0 Å². The van der Waals surface area contributed by atoms with Gasteiger partial charge in [0.15, 0.2) is 5.96 Å². The van der Waals surface area contributed by atoms with Crippen molar-refractivity contribution >= 4 is 5.96 Å². The Morgan fingerprint density at radius 1 is 1.00 bits per heavy atom. The van der Waals surface area contributed by atoms with Crippen LogP contribution in [0.5, 0.6) is 0 Å². The summed E-state index contributed by atoms with van der Waals surface area (Å²) in [6, 6.07) is 17.1. The number of rotatable bonds is 9. The summed E-state index contributed by atoms with van der Waals surface area (Å²) in [5.74, 6) is 0.664. The first-order valence-corrected chi connectivity index (χ1v) is 10.3. The minimum atomic E-state index is -4.31. The highest BCUT2D eigenvalue weighted by Gasteiger charge is 2.27. The van der Waals surface area contributed by atoms with Crippen molar-refractivity contribution in [2.24, 2.45) is 4.99 Å². The molecule has 0 saturated carbocycles. The van der Waals surface area contributed by atoms with Crippen LogP contribution in [0.25, 0.3) is 5.69 Å². The van der Waals surface area contributed by atoms with Gasteiger partial charge in [0, 0.05) is 24.8 Å². The predicted octanol–water partition coefficient (Wildman–Crippen LogP) is 4.21. The molecule has 2 aromatic carbocycles. The van der Waals surface area contributed by atoms with Gasteiger partial charge in [-0.3, -0.25) is 0 Å². The summed E-state index contributed by atoms with van der Waals surface area (Å²) < 4.78 is 43.0. The summed E-state index contributed by atoms with van der Waals surface area (Å²) in [4.78, 5) is 4.60. The van der Waals surface area contributed by atoms with Crippen molar-refractivity contribution in [2.45, 2.75) is 32.8 Å². The average Bonchev–Trinajstić information content (AvgIpc) is 3.25. The van der Waals surface area contributed by atoms with E-state index in [2.05, 4.69) is 25.5 Å². The van der Waals surface area contributed by atoms with E-state index in [-0.39, 0.29) is 6.61 Å². The van der Waals surface area contributed by atoms with Crippen LogP contribution in [0.15, 0.2) is 72.0 Å². The van der Waals surface area contributed by atoms with E-state index in [0.29, 0.717) is 31.2 Å². The van der Waals surface area contributed by atoms with E-state index in [4.69, 9.17) is 0 Å². The molecule has 0 spiro atoms. The Kier molecular flexibility index (Phi) is 8.27. The zero-order valence-electron chi connectivity index (χ0n) is 17.8. The Bertz CT molecular complexity index is 985. The highest BCUT2D eigenvalue weighted by atomic mass is 19.4. The van der Waals surface area contributed by atoms with E-state index in [1.807, 2.05) is 60.3 Å². The molecule has 0 amide bonds. The van der Waals surface area contributed by atoms with Crippen molar-refractivity contribution in [2.75, 3.05) is 13.2 Å². The fourth-order valence-electron chi connectivity index (χ4n) is 2.90. The molecule has 170 valence electrons. The number of nitrogens with one attached hydrogen (secondary N) is 2. The summed E-state index contributed by atoms with van der Waals surface area (Å²) in [6.45, 7) is 2.37. The smallest absolute Gasteiger partial charge is 0.367 e. The van der Waals surface area contributed by atoms with Gasteiger partial charge in [0.05, 0.1) is 25.0 Å². The van der Waals surface area contributed by atoms with Crippen molar-refractivity contribution < 1.29 is 17.9 Å². The lowest BCUT2D eigenvalue weighted by molar-refractivity contribution is -0.176. The van der Waals surface area contributed by atoms with Gasteiger partial charge >= 0.3 is 6.18 Å². The topological polar surface area (TPSA) is 63.5 Å². The first-order valence-electron chi connectivity index (χ1n) is 10.3. The second kappa shape index (κ2) is 11.3. The number of aliphatic imine (C=N–C) groups is 1. The van der Waals surface area contributed by atoms with Crippen LogP contribution >= 0.6 is 0 Å². The number of aromatic nitrogens is 2. The molecule has 0 aliphatic carbocycles. The van der Waals surface area contributed by atoms with Gasteiger partial charge in [0.1, 0.15) is 6.61 Å². The number of halogens is 3. The van der Waals surface area contributed by atoms with Crippen LogP contribution in [0, 0.1) is 0 Å². The fraction of sp³-hybridized carbons (Fsp3) is 0.304. The molecule has 0 saturated heterocycles. The van der Waals surface area contributed by atoms with Crippen LogP contribution in [0.4, 0.5) is 13.2 Å². The van der Waals surface area contributed by atoms with Crippen molar-refractivity contribution in [3.8, 4) is 5.69 Å². The highest BCUT2D eigenvalue weighted by Crippen LogP contribution is 2.16. The van der Waals surface area contributed by atoms with Crippen molar-refractivity contribution in [3.05, 3.63) is 83.7 Å². The SMILES string of the molecule is CCNC(=NCc1cnn(-c2ccccc2)c1)NCc1ccc(COCC(F)(F)F)cc1. The van der Waals surface area contributed by atoms with Gasteiger partial charge < -0.3 is 15.4 Å². The molecular formula is C23H26F3N5O. The summed E-state index contributed by atoms with van der Waals surface area (Å²) >= 11 is 0. The van der Waals surface area contributed by atoms with Gasteiger partial charge in [-0.2, -0.15) is 18.3 Å².